The number of piperazine rings is 1. The second-order valence-corrected chi connectivity index (χ2v) is 10.7. The molecular formula is C30H31ClN6O. The first-order valence-corrected chi connectivity index (χ1v) is 13.7. The summed E-state index contributed by atoms with van der Waals surface area (Å²) in [6, 6.07) is 21.8. The summed E-state index contributed by atoms with van der Waals surface area (Å²) in [6.45, 7) is 3.98. The van der Waals surface area contributed by atoms with Gasteiger partial charge in [-0.25, -0.2) is 0 Å². The number of nitrogens with one attached hydrogen (secondary N) is 1. The Bertz CT molecular complexity index is 1510. The van der Waals surface area contributed by atoms with Crippen molar-refractivity contribution in [2.75, 3.05) is 44.7 Å². The van der Waals surface area contributed by atoms with Crippen molar-refractivity contribution in [1.29, 1.82) is 5.26 Å². The van der Waals surface area contributed by atoms with Gasteiger partial charge in [-0.05, 0) is 61.1 Å². The largest absolute Gasteiger partial charge is 0.462 e. The molecule has 0 bridgehead atoms. The number of aromatic nitrogens is 2. The lowest BCUT2D eigenvalue weighted by atomic mass is 9.97. The molecule has 1 N–H and O–H groups in total. The molecule has 4 aromatic rings. The van der Waals surface area contributed by atoms with Gasteiger partial charge in [0.15, 0.2) is 0 Å². The molecule has 2 fully saturated rings. The van der Waals surface area contributed by atoms with Crippen LogP contribution in [-0.2, 0) is 0 Å². The molecule has 2 atom stereocenters. The summed E-state index contributed by atoms with van der Waals surface area (Å²) in [7, 11) is 2.14. The number of hydrogen-bond acceptors (Lipinski definition) is 7. The standard InChI is InChI=1S/C30H31ClN6O/c1-36-15-4-7-23(36)19-38-30-34-27-17-21(24-8-2-5-20-6-3-9-26(31)28(20)24)10-11-25(27)29(35-30)37-16-14-33-22(18-37)12-13-32/h2-3,5-6,8-11,17,22-23,33H,4,7,12,14-16,18-19H2,1H3/t22-,23-/m0/s1. The molecule has 0 unspecified atom stereocenters. The monoisotopic (exact) mass is 526 g/mol. The zero-order valence-corrected chi connectivity index (χ0v) is 22.3. The van der Waals surface area contributed by atoms with Crippen molar-refractivity contribution in [2.45, 2.75) is 31.3 Å². The fourth-order valence-corrected chi connectivity index (χ4v) is 6.01. The van der Waals surface area contributed by atoms with E-state index in [1.165, 1.54) is 6.42 Å². The number of rotatable bonds is 6. The van der Waals surface area contributed by atoms with E-state index >= 15 is 0 Å². The van der Waals surface area contributed by atoms with E-state index in [-0.39, 0.29) is 6.04 Å². The minimum atomic E-state index is 0.104. The predicted molar refractivity (Wildman–Crippen MR) is 153 cm³/mol. The van der Waals surface area contributed by atoms with Crippen LogP contribution in [0.15, 0.2) is 54.6 Å². The smallest absolute Gasteiger partial charge is 0.319 e. The van der Waals surface area contributed by atoms with E-state index in [1.807, 2.05) is 12.1 Å². The quantitative estimate of drug-likeness (QED) is 0.367. The molecule has 8 heteroatoms. The predicted octanol–water partition coefficient (Wildman–Crippen LogP) is 5.27. The number of ether oxygens (including phenoxy) is 1. The van der Waals surface area contributed by atoms with Gasteiger partial charge in [-0.3, -0.25) is 0 Å². The number of fused-ring (bicyclic) bond motifs is 2. The Morgan fingerprint density at radius 3 is 2.82 bits per heavy atom. The van der Waals surface area contributed by atoms with Crippen molar-refractivity contribution < 1.29 is 4.74 Å². The minimum absolute atomic E-state index is 0.104. The van der Waals surface area contributed by atoms with E-state index in [0.717, 1.165) is 69.7 Å². The van der Waals surface area contributed by atoms with Gasteiger partial charge < -0.3 is 19.9 Å². The Morgan fingerprint density at radius 1 is 1.13 bits per heavy atom. The molecule has 2 aliphatic heterocycles. The van der Waals surface area contributed by atoms with Crippen LogP contribution >= 0.6 is 11.6 Å². The van der Waals surface area contributed by atoms with Crippen LogP contribution in [0.2, 0.25) is 5.02 Å². The highest BCUT2D eigenvalue weighted by Gasteiger charge is 2.25. The molecule has 0 aliphatic carbocycles. The molecule has 6 rings (SSSR count). The number of hydrogen-bond donors (Lipinski definition) is 1. The van der Waals surface area contributed by atoms with Gasteiger partial charge >= 0.3 is 6.01 Å². The fraction of sp³-hybridized carbons (Fsp3) is 0.367. The minimum Gasteiger partial charge on any atom is -0.462 e. The number of likely N-dealkylation sites (tertiary alicyclic amines) is 1. The normalized spacial score (nSPS) is 20.2. The van der Waals surface area contributed by atoms with Crippen molar-refractivity contribution in [3.05, 3.63) is 59.6 Å². The summed E-state index contributed by atoms with van der Waals surface area (Å²) in [5.74, 6) is 0.858. The van der Waals surface area contributed by atoms with Crippen molar-refractivity contribution in [1.82, 2.24) is 20.2 Å². The molecule has 0 saturated carbocycles. The van der Waals surface area contributed by atoms with Crippen LogP contribution in [0.25, 0.3) is 32.8 Å². The number of anilines is 1. The lowest BCUT2D eigenvalue weighted by Gasteiger charge is -2.34. The highest BCUT2D eigenvalue weighted by atomic mass is 35.5. The second-order valence-electron chi connectivity index (χ2n) is 10.3. The lowest BCUT2D eigenvalue weighted by molar-refractivity contribution is 0.188. The van der Waals surface area contributed by atoms with E-state index < -0.39 is 0 Å². The van der Waals surface area contributed by atoms with Crippen molar-refractivity contribution in [2.24, 2.45) is 0 Å². The molecule has 194 valence electrons. The lowest BCUT2D eigenvalue weighted by Crippen LogP contribution is -2.51. The van der Waals surface area contributed by atoms with Crippen molar-refractivity contribution >= 4 is 39.1 Å². The van der Waals surface area contributed by atoms with Crippen LogP contribution in [0.5, 0.6) is 6.01 Å². The van der Waals surface area contributed by atoms with Crippen LogP contribution in [-0.4, -0.2) is 66.8 Å². The number of halogens is 1. The van der Waals surface area contributed by atoms with Crippen molar-refractivity contribution in [3.8, 4) is 23.2 Å². The molecule has 2 saturated heterocycles. The first-order valence-electron chi connectivity index (χ1n) is 13.3. The Hall–Kier alpha value is -3.44. The van der Waals surface area contributed by atoms with E-state index in [1.54, 1.807) is 0 Å². The van der Waals surface area contributed by atoms with Crippen LogP contribution in [0.1, 0.15) is 19.3 Å². The fourth-order valence-electron chi connectivity index (χ4n) is 5.73. The van der Waals surface area contributed by atoms with E-state index in [9.17, 15) is 5.26 Å². The molecule has 2 aliphatic rings. The van der Waals surface area contributed by atoms with Crippen LogP contribution in [0, 0.1) is 11.3 Å². The molecule has 3 aromatic carbocycles. The third kappa shape index (κ3) is 4.88. The van der Waals surface area contributed by atoms with Gasteiger partial charge in [0.25, 0.3) is 0 Å². The number of nitrogens with zero attached hydrogens (tertiary/aromatic N) is 5. The molecular weight excluding hydrogens is 496 g/mol. The SMILES string of the molecule is CN1CCC[C@H]1COc1nc(N2CCN[C@@H](CC#N)C2)c2ccc(-c3cccc4cccc(Cl)c34)cc2n1. The molecule has 7 nitrogen and oxygen atoms in total. The summed E-state index contributed by atoms with van der Waals surface area (Å²) in [6.07, 6.45) is 2.77. The van der Waals surface area contributed by atoms with Gasteiger partial charge in [-0.15, -0.1) is 0 Å². The molecule has 0 spiro atoms. The second kappa shape index (κ2) is 10.7. The highest BCUT2D eigenvalue weighted by molar-refractivity contribution is 6.36. The third-order valence-corrected chi connectivity index (χ3v) is 8.11. The molecule has 0 radical (unpaired) electrons. The molecule has 1 aromatic heterocycles. The maximum Gasteiger partial charge on any atom is 0.319 e. The maximum atomic E-state index is 9.25. The zero-order valence-electron chi connectivity index (χ0n) is 21.5. The third-order valence-electron chi connectivity index (χ3n) is 7.79. The van der Waals surface area contributed by atoms with E-state index in [0.29, 0.717) is 31.6 Å². The average molecular weight is 527 g/mol. The first-order chi connectivity index (χ1) is 18.6. The van der Waals surface area contributed by atoms with Crippen LogP contribution < -0.4 is 15.0 Å². The Labute approximate surface area is 228 Å². The Morgan fingerprint density at radius 2 is 2.00 bits per heavy atom. The van der Waals surface area contributed by atoms with Gasteiger partial charge in [0.2, 0.25) is 0 Å². The van der Waals surface area contributed by atoms with E-state index in [4.69, 9.17) is 26.3 Å². The average Bonchev–Trinajstić information content (AvgIpc) is 3.35. The summed E-state index contributed by atoms with van der Waals surface area (Å²) in [4.78, 5) is 14.4. The topological polar surface area (TPSA) is 77.3 Å². The summed E-state index contributed by atoms with van der Waals surface area (Å²) in [5, 5.41) is 16.5. The summed E-state index contributed by atoms with van der Waals surface area (Å²) < 4.78 is 6.23. The van der Waals surface area contributed by atoms with Gasteiger partial charge in [0.05, 0.1) is 18.0 Å². The Balaban J connectivity index is 1.43. The summed E-state index contributed by atoms with van der Waals surface area (Å²) >= 11 is 6.65. The van der Waals surface area contributed by atoms with Crippen LogP contribution in [0.3, 0.4) is 0 Å². The summed E-state index contributed by atoms with van der Waals surface area (Å²) in [5.41, 5.74) is 2.95. The highest BCUT2D eigenvalue weighted by Crippen LogP contribution is 2.36. The van der Waals surface area contributed by atoms with Crippen molar-refractivity contribution in [3.63, 3.8) is 0 Å². The molecule has 3 heterocycles. The first kappa shape index (κ1) is 24.9. The van der Waals surface area contributed by atoms with Gasteiger partial charge in [0, 0.05) is 47.5 Å². The number of likely N-dealkylation sites (N-methyl/N-ethyl adjacent to an activating group) is 1. The molecule has 38 heavy (non-hydrogen) atoms. The zero-order chi connectivity index (χ0) is 26.1. The number of benzene rings is 3. The van der Waals surface area contributed by atoms with Crippen LogP contribution in [0.4, 0.5) is 5.82 Å². The van der Waals surface area contributed by atoms with Gasteiger partial charge in [0.1, 0.15) is 12.4 Å². The molecule has 0 amide bonds. The van der Waals surface area contributed by atoms with Gasteiger partial charge in [-0.1, -0.05) is 48.0 Å². The maximum absolute atomic E-state index is 9.25. The van der Waals surface area contributed by atoms with Gasteiger partial charge in [-0.2, -0.15) is 15.2 Å². The van der Waals surface area contributed by atoms with E-state index in [2.05, 4.69) is 70.7 Å². The number of nitriles is 1. The Kier molecular flexibility index (Phi) is 7.03.